The molecule has 0 unspecified atom stereocenters. The highest BCUT2D eigenvalue weighted by Crippen LogP contribution is 2.17. The molecule has 0 radical (unpaired) electrons. The van der Waals surface area contributed by atoms with Crippen LogP contribution in [0.2, 0.25) is 0 Å². The smallest absolute Gasteiger partial charge is 0.253 e. The van der Waals surface area contributed by atoms with Gasteiger partial charge in [0.1, 0.15) is 5.82 Å². The maximum Gasteiger partial charge on any atom is 0.253 e. The number of amides is 1. The van der Waals surface area contributed by atoms with Crippen molar-refractivity contribution in [2.24, 2.45) is 0 Å². The van der Waals surface area contributed by atoms with E-state index in [1.807, 2.05) is 0 Å². The van der Waals surface area contributed by atoms with Crippen LogP contribution in [0.5, 0.6) is 0 Å². The van der Waals surface area contributed by atoms with Crippen molar-refractivity contribution in [2.75, 3.05) is 5.73 Å². The average Bonchev–Trinajstić information content (AvgIpc) is 2.58. The van der Waals surface area contributed by atoms with E-state index in [4.69, 9.17) is 5.73 Å². The molecule has 1 aromatic rings. The molecule has 3 N–H and O–H groups in total. The van der Waals surface area contributed by atoms with E-state index in [1.165, 1.54) is 31.9 Å². The monoisotopic (exact) mass is 233 g/mol. The zero-order valence-electron chi connectivity index (χ0n) is 9.98. The lowest BCUT2D eigenvalue weighted by atomic mass is 10.1. The van der Waals surface area contributed by atoms with Crippen molar-refractivity contribution in [3.63, 3.8) is 0 Å². The van der Waals surface area contributed by atoms with Gasteiger partial charge in [-0.2, -0.15) is 0 Å². The molecular formula is C13H19N3O. The second kappa shape index (κ2) is 5.66. The molecular weight excluding hydrogens is 214 g/mol. The lowest BCUT2D eigenvalue weighted by Gasteiger charge is -2.15. The molecule has 1 aliphatic carbocycles. The first-order valence-corrected chi connectivity index (χ1v) is 6.28. The van der Waals surface area contributed by atoms with Crippen molar-refractivity contribution >= 4 is 11.7 Å². The van der Waals surface area contributed by atoms with Gasteiger partial charge in [0, 0.05) is 12.2 Å². The van der Waals surface area contributed by atoms with Gasteiger partial charge in [-0.25, -0.2) is 4.98 Å². The van der Waals surface area contributed by atoms with E-state index in [2.05, 4.69) is 10.3 Å². The molecule has 0 saturated heterocycles. The zero-order chi connectivity index (χ0) is 12.1. The SMILES string of the molecule is Nc1ccc(C(=O)NC2CCCCCC2)cn1. The van der Waals surface area contributed by atoms with Crippen LogP contribution in [0.25, 0.3) is 0 Å². The fraction of sp³-hybridized carbons (Fsp3) is 0.538. The topological polar surface area (TPSA) is 68.0 Å². The van der Waals surface area contributed by atoms with E-state index in [0.29, 0.717) is 17.4 Å². The Balaban J connectivity index is 1.93. The number of anilines is 1. The number of nitrogen functional groups attached to an aromatic ring is 1. The zero-order valence-corrected chi connectivity index (χ0v) is 9.98. The lowest BCUT2D eigenvalue weighted by molar-refractivity contribution is 0.0933. The summed E-state index contributed by atoms with van der Waals surface area (Å²) in [5, 5.41) is 3.07. The largest absolute Gasteiger partial charge is 0.384 e. The van der Waals surface area contributed by atoms with E-state index in [9.17, 15) is 4.79 Å². The van der Waals surface area contributed by atoms with E-state index in [0.717, 1.165) is 12.8 Å². The van der Waals surface area contributed by atoms with Crippen LogP contribution in [0.1, 0.15) is 48.9 Å². The fourth-order valence-corrected chi connectivity index (χ4v) is 2.23. The molecule has 4 nitrogen and oxygen atoms in total. The van der Waals surface area contributed by atoms with Crippen molar-refractivity contribution in [1.29, 1.82) is 0 Å². The van der Waals surface area contributed by atoms with Crippen molar-refractivity contribution < 1.29 is 4.79 Å². The minimum absolute atomic E-state index is 0.0376. The molecule has 1 aliphatic rings. The molecule has 17 heavy (non-hydrogen) atoms. The number of nitrogens with two attached hydrogens (primary N) is 1. The molecule has 0 aliphatic heterocycles. The lowest BCUT2D eigenvalue weighted by Crippen LogP contribution is -2.34. The van der Waals surface area contributed by atoms with Crippen LogP contribution in [-0.2, 0) is 0 Å². The van der Waals surface area contributed by atoms with Crippen LogP contribution in [0.4, 0.5) is 5.82 Å². The fourth-order valence-electron chi connectivity index (χ4n) is 2.23. The number of nitrogens with one attached hydrogen (secondary N) is 1. The number of carbonyl (C=O) groups is 1. The molecule has 0 bridgehead atoms. The van der Waals surface area contributed by atoms with Gasteiger partial charge in [-0.15, -0.1) is 0 Å². The minimum Gasteiger partial charge on any atom is -0.384 e. The first kappa shape index (κ1) is 11.9. The van der Waals surface area contributed by atoms with Gasteiger partial charge >= 0.3 is 0 Å². The van der Waals surface area contributed by atoms with Crippen molar-refractivity contribution in [1.82, 2.24) is 10.3 Å². The summed E-state index contributed by atoms with van der Waals surface area (Å²) in [7, 11) is 0. The Kier molecular flexibility index (Phi) is 3.96. The van der Waals surface area contributed by atoms with Crippen molar-refractivity contribution in [3.8, 4) is 0 Å². The maximum absolute atomic E-state index is 11.9. The van der Waals surface area contributed by atoms with Crippen LogP contribution >= 0.6 is 0 Å². The minimum atomic E-state index is -0.0376. The molecule has 0 aromatic carbocycles. The first-order valence-electron chi connectivity index (χ1n) is 6.28. The number of hydrogen-bond donors (Lipinski definition) is 2. The third-order valence-corrected chi connectivity index (χ3v) is 3.24. The highest BCUT2D eigenvalue weighted by molar-refractivity contribution is 5.94. The Hall–Kier alpha value is -1.58. The maximum atomic E-state index is 11.9. The molecule has 1 aromatic heterocycles. The van der Waals surface area contributed by atoms with Gasteiger partial charge in [-0.3, -0.25) is 4.79 Å². The van der Waals surface area contributed by atoms with Gasteiger partial charge in [-0.05, 0) is 25.0 Å². The van der Waals surface area contributed by atoms with E-state index in [-0.39, 0.29) is 5.91 Å². The number of pyridine rings is 1. The molecule has 4 heteroatoms. The average molecular weight is 233 g/mol. The first-order chi connectivity index (χ1) is 8.25. The Morgan fingerprint density at radius 1 is 1.24 bits per heavy atom. The summed E-state index contributed by atoms with van der Waals surface area (Å²) in [5.41, 5.74) is 6.08. The van der Waals surface area contributed by atoms with Crippen LogP contribution in [-0.4, -0.2) is 16.9 Å². The third-order valence-electron chi connectivity index (χ3n) is 3.24. The quantitative estimate of drug-likeness (QED) is 0.769. The van der Waals surface area contributed by atoms with Gasteiger partial charge in [-0.1, -0.05) is 25.7 Å². The number of hydrogen-bond acceptors (Lipinski definition) is 3. The Bertz CT molecular complexity index is 367. The van der Waals surface area contributed by atoms with Gasteiger partial charge in [0.25, 0.3) is 5.91 Å². The molecule has 1 heterocycles. The highest BCUT2D eigenvalue weighted by Gasteiger charge is 2.15. The number of aromatic nitrogens is 1. The normalized spacial score (nSPS) is 17.4. The number of rotatable bonds is 2. The predicted octanol–water partition coefficient (Wildman–Crippen LogP) is 2.12. The van der Waals surface area contributed by atoms with Crippen LogP contribution in [0.3, 0.4) is 0 Å². The van der Waals surface area contributed by atoms with Gasteiger partial charge in [0.2, 0.25) is 0 Å². The van der Waals surface area contributed by atoms with E-state index >= 15 is 0 Å². The van der Waals surface area contributed by atoms with Gasteiger partial charge < -0.3 is 11.1 Å². The molecule has 1 fully saturated rings. The number of nitrogens with zero attached hydrogens (tertiary/aromatic N) is 1. The van der Waals surface area contributed by atoms with Crippen molar-refractivity contribution in [2.45, 2.75) is 44.6 Å². The predicted molar refractivity (Wildman–Crippen MR) is 67.6 cm³/mol. The molecule has 1 amide bonds. The Morgan fingerprint density at radius 2 is 1.94 bits per heavy atom. The van der Waals surface area contributed by atoms with Crippen LogP contribution in [0, 0.1) is 0 Å². The van der Waals surface area contributed by atoms with Gasteiger partial charge in [0.15, 0.2) is 0 Å². The molecule has 0 atom stereocenters. The number of carbonyl (C=O) groups excluding carboxylic acids is 1. The van der Waals surface area contributed by atoms with Crippen molar-refractivity contribution in [3.05, 3.63) is 23.9 Å². The summed E-state index contributed by atoms with van der Waals surface area (Å²) >= 11 is 0. The summed E-state index contributed by atoms with van der Waals surface area (Å²) in [5.74, 6) is 0.403. The third kappa shape index (κ3) is 3.44. The molecule has 1 saturated carbocycles. The summed E-state index contributed by atoms with van der Waals surface area (Å²) in [4.78, 5) is 15.9. The summed E-state index contributed by atoms with van der Waals surface area (Å²) in [6.07, 6.45) is 8.71. The standard InChI is InChI=1S/C13H19N3O/c14-12-8-7-10(9-15-12)13(17)16-11-5-3-1-2-4-6-11/h7-9,11H,1-6H2,(H2,14,15)(H,16,17). The summed E-state index contributed by atoms with van der Waals surface area (Å²) in [6.45, 7) is 0. The van der Waals surface area contributed by atoms with Crippen LogP contribution < -0.4 is 11.1 Å². The Morgan fingerprint density at radius 3 is 2.53 bits per heavy atom. The Labute approximate surface area is 102 Å². The molecule has 0 spiro atoms. The van der Waals surface area contributed by atoms with Gasteiger partial charge in [0.05, 0.1) is 5.56 Å². The highest BCUT2D eigenvalue weighted by atomic mass is 16.1. The summed E-state index contributed by atoms with van der Waals surface area (Å²) in [6, 6.07) is 3.69. The van der Waals surface area contributed by atoms with Crippen LogP contribution in [0.15, 0.2) is 18.3 Å². The van der Waals surface area contributed by atoms with E-state index in [1.54, 1.807) is 12.1 Å². The summed E-state index contributed by atoms with van der Waals surface area (Å²) < 4.78 is 0. The molecule has 2 rings (SSSR count). The molecule has 92 valence electrons. The second-order valence-corrected chi connectivity index (χ2v) is 4.63. The van der Waals surface area contributed by atoms with E-state index < -0.39 is 0 Å². The second-order valence-electron chi connectivity index (χ2n) is 4.63.